The van der Waals surface area contributed by atoms with E-state index in [0.717, 1.165) is 34.5 Å². The first kappa shape index (κ1) is 21.1. The van der Waals surface area contributed by atoms with Gasteiger partial charge in [-0.25, -0.2) is 4.99 Å². The van der Waals surface area contributed by atoms with Crippen LogP contribution in [0.4, 0.5) is 5.82 Å². The Hall–Kier alpha value is -3.62. The number of nitro groups is 1. The van der Waals surface area contributed by atoms with Crippen molar-refractivity contribution in [2.24, 2.45) is 4.99 Å². The van der Waals surface area contributed by atoms with E-state index >= 15 is 0 Å². The molecule has 0 saturated carbocycles. The van der Waals surface area contributed by atoms with Crippen LogP contribution in [0.15, 0.2) is 53.5 Å². The Kier molecular flexibility index (Phi) is 6.51. The van der Waals surface area contributed by atoms with E-state index in [0.29, 0.717) is 17.1 Å². The summed E-state index contributed by atoms with van der Waals surface area (Å²) in [4.78, 5) is 16.9. The molecule has 0 unspecified atom stereocenters. The summed E-state index contributed by atoms with van der Waals surface area (Å²) in [6.07, 6.45) is 2.04. The van der Waals surface area contributed by atoms with Gasteiger partial charge in [0.25, 0.3) is 5.49 Å². The maximum absolute atomic E-state index is 11.5. The first-order valence-electron chi connectivity index (χ1n) is 9.81. The number of nitrogens with zero attached hydrogens (tertiary/aromatic N) is 5. The zero-order valence-corrected chi connectivity index (χ0v) is 17.2. The first-order chi connectivity index (χ1) is 14.4. The fraction of sp³-hybridized carbons (Fsp3) is 0.333. The van der Waals surface area contributed by atoms with Gasteiger partial charge in [-0.15, -0.1) is 0 Å². The number of hydrogen-bond donors (Lipinski definition) is 1. The minimum absolute atomic E-state index is 0.223. The Bertz CT molecular complexity index is 1090. The van der Waals surface area contributed by atoms with E-state index in [1.54, 1.807) is 19.1 Å². The van der Waals surface area contributed by atoms with Gasteiger partial charge < -0.3 is 20.1 Å². The number of hydrogen-bond acceptors (Lipinski definition) is 6. The minimum atomic E-state index is -0.655. The number of para-hydroxylation sites is 1. The summed E-state index contributed by atoms with van der Waals surface area (Å²) in [5, 5.41) is 26.1. The van der Waals surface area contributed by atoms with Crippen LogP contribution in [-0.4, -0.2) is 31.5 Å². The predicted octanol–water partition coefficient (Wildman–Crippen LogP) is 3.97. The molecule has 0 aliphatic carbocycles. The van der Waals surface area contributed by atoms with Gasteiger partial charge >= 0.3 is 5.82 Å². The standard InChI is InChI=1S/C21H25N5O4/c1-4-5-14-30-18-12-10-17(11-13-18)16(3)22-20-21(26(28)29)23-24(25(20)27)19-9-7-6-8-15(19)2/h6-13,16,27H,4-5,14H2,1-3H3/t16-/m1/s1. The Balaban J connectivity index is 1.96. The van der Waals surface area contributed by atoms with Crippen molar-refractivity contribution in [1.29, 1.82) is 0 Å². The van der Waals surface area contributed by atoms with Crippen molar-refractivity contribution in [2.75, 3.05) is 6.61 Å². The molecule has 0 aliphatic rings. The summed E-state index contributed by atoms with van der Waals surface area (Å²) in [5.41, 5.74) is 1.93. The number of aryl methyl sites for hydroxylation is 1. The van der Waals surface area contributed by atoms with E-state index in [1.807, 2.05) is 43.3 Å². The van der Waals surface area contributed by atoms with E-state index in [9.17, 15) is 15.3 Å². The average molecular weight is 411 g/mol. The quantitative estimate of drug-likeness (QED) is 0.261. The Morgan fingerprint density at radius 3 is 2.57 bits per heavy atom. The largest absolute Gasteiger partial charge is 0.494 e. The molecule has 0 spiro atoms. The van der Waals surface area contributed by atoms with Crippen molar-refractivity contribution in [3.05, 3.63) is 75.3 Å². The third kappa shape index (κ3) is 4.51. The molecule has 0 amide bonds. The molecule has 9 nitrogen and oxygen atoms in total. The highest BCUT2D eigenvalue weighted by molar-refractivity contribution is 5.38. The molecule has 3 aromatic rings. The summed E-state index contributed by atoms with van der Waals surface area (Å²) in [5.74, 6) is 0.238. The van der Waals surface area contributed by atoms with Gasteiger partial charge in [0.1, 0.15) is 11.4 Å². The van der Waals surface area contributed by atoms with Crippen molar-refractivity contribution < 1.29 is 14.9 Å². The van der Waals surface area contributed by atoms with Gasteiger partial charge in [-0.1, -0.05) is 48.5 Å². The topological polar surface area (TPSA) is 108 Å². The Morgan fingerprint density at radius 1 is 1.23 bits per heavy atom. The number of ether oxygens (including phenoxy) is 1. The van der Waals surface area contributed by atoms with E-state index in [1.165, 1.54) is 0 Å². The van der Waals surface area contributed by atoms with Crippen molar-refractivity contribution in [3.8, 4) is 11.4 Å². The molecular weight excluding hydrogens is 386 g/mol. The number of benzene rings is 2. The normalized spacial score (nSPS) is 12.7. The maximum atomic E-state index is 11.5. The van der Waals surface area contributed by atoms with Gasteiger partial charge in [0.05, 0.1) is 17.7 Å². The third-order valence-corrected chi connectivity index (χ3v) is 4.71. The molecule has 2 aromatic carbocycles. The number of aromatic nitrogens is 3. The fourth-order valence-corrected chi connectivity index (χ4v) is 2.96. The van der Waals surface area contributed by atoms with Crippen molar-refractivity contribution in [1.82, 2.24) is 14.7 Å². The van der Waals surface area contributed by atoms with Gasteiger partial charge in [-0.2, -0.15) is 0 Å². The molecule has 1 heterocycles. The van der Waals surface area contributed by atoms with Crippen LogP contribution in [0.5, 0.6) is 5.75 Å². The van der Waals surface area contributed by atoms with E-state index in [-0.39, 0.29) is 5.49 Å². The molecule has 0 aliphatic heterocycles. The van der Waals surface area contributed by atoms with E-state index in [4.69, 9.17) is 4.74 Å². The summed E-state index contributed by atoms with van der Waals surface area (Å²) in [6.45, 7) is 6.38. The first-order valence-corrected chi connectivity index (χ1v) is 9.81. The molecular formula is C21H25N5O4. The molecule has 9 heteroatoms. The van der Waals surface area contributed by atoms with Crippen LogP contribution in [0.3, 0.4) is 0 Å². The van der Waals surface area contributed by atoms with Gasteiger partial charge in [-0.3, -0.25) is 0 Å². The molecule has 1 aromatic heterocycles. The van der Waals surface area contributed by atoms with Crippen LogP contribution in [0.25, 0.3) is 5.69 Å². The van der Waals surface area contributed by atoms with Gasteiger partial charge in [-0.05, 0) is 59.3 Å². The van der Waals surface area contributed by atoms with Crippen molar-refractivity contribution >= 4 is 5.82 Å². The van der Waals surface area contributed by atoms with Crippen LogP contribution in [0.1, 0.15) is 43.9 Å². The molecule has 1 N–H and O–H groups in total. The van der Waals surface area contributed by atoms with Gasteiger partial charge in [0.15, 0.2) is 0 Å². The second-order valence-corrected chi connectivity index (χ2v) is 6.95. The zero-order valence-electron chi connectivity index (χ0n) is 17.2. The lowest BCUT2D eigenvalue weighted by Crippen LogP contribution is -2.23. The molecule has 0 radical (unpaired) electrons. The number of unbranched alkanes of at least 4 members (excludes halogenated alkanes) is 1. The Morgan fingerprint density at radius 2 is 1.93 bits per heavy atom. The maximum Gasteiger partial charge on any atom is 0.438 e. The van der Waals surface area contributed by atoms with Crippen LogP contribution in [0, 0.1) is 17.0 Å². The highest BCUT2D eigenvalue weighted by Gasteiger charge is 2.25. The highest BCUT2D eigenvalue weighted by atomic mass is 16.6. The third-order valence-electron chi connectivity index (χ3n) is 4.71. The lowest BCUT2D eigenvalue weighted by molar-refractivity contribution is -0.391. The van der Waals surface area contributed by atoms with Crippen LogP contribution < -0.4 is 10.2 Å². The molecule has 3 rings (SSSR count). The molecule has 0 saturated heterocycles. The molecule has 0 fully saturated rings. The molecule has 0 bridgehead atoms. The van der Waals surface area contributed by atoms with Gasteiger partial charge in [0.2, 0.25) is 0 Å². The summed E-state index contributed by atoms with van der Waals surface area (Å²) >= 11 is 0. The lowest BCUT2D eigenvalue weighted by Gasteiger charge is -2.09. The average Bonchev–Trinajstić information content (AvgIpc) is 3.05. The monoisotopic (exact) mass is 411 g/mol. The van der Waals surface area contributed by atoms with Crippen LogP contribution >= 0.6 is 0 Å². The smallest absolute Gasteiger partial charge is 0.438 e. The number of rotatable bonds is 8. The van der Waals surface area contributed by atoms with Gasteiger partial charge in [0, 0.05) is 0 Å². The summed E-state index contributed by atoms with van der Waals surface area (Å²) in [6, 6.07) is 14.1. The second-order valence-electron chi connectivity index (χ2n) is 6.95. The van der Waals surface area contributed by atoms with Crippen molar-refractivity contribution in [3.63, 3.8) is 0 Å². The van der Waals surface area contributed by atoms with Crippen LogP contribution in [-0.2, 0) is 0 Å². The second kappa shape index (κ2) is 9.25. The lowest BCUT2D eigenvalue weighted by atomic mass is 10.1. The van der Waals surface area contributed by atoms with E-state index < -0.39 is 16.8 Å². The minimum Gasteiger partial charge on any atom is -0.494 e. The summed E-state index contributed by atoms with van der Waals surface area (Å²) in [7, 11) is 0. The van der Waals surface area contributed by atoms with Crippen molar-refractivity contribution in [2.45, 2.75) is 39.7 Å². The molecule has 1 atom stereocenters. The predicted molar refractivity (Wildman–Crippen MR) is 111 cm³/mol. The summed E-state index contributed by atoms with van der Waals surface area (Å²) < 4.78 is 5.66. The Labute approximate surface area is 174 Å². The SMILES string of the molecule is CCCCOc1ccc([C@@H](C)N=c2c([N+](=O)[O-])nn(-c3ccccc3C)n2O)cc1. The molecule has 158 valence electrons. The highest BCUT2D eigenvalue weighted by Crippen LogP contribution is 2.21. The van der Waals surface area contributed by atoms with Crippen LogP contribution in [0.2, 0.25) is 0 Å². The zero-order chi connectivity index (χ0) is 21.7. The fourth-order valence-electron chi connectivity index (χ4n) is 2.96. The molecule has 30 heavy (non-hydrogen) atoms. The van der Waals surface area contributed by atoms with E-state index in [2.05, 4.69) is 17.0 Å².